The van der Waals surface area contributed by atoms with Gasteiger partial charge in [-0.05, 0) is 48.2 Å². The van der Waals surface area contributed by atoms with Crippen LogP contribution in [0.5, 0.6) is 0 Å². The highest BCUT2D eigenvalue weighted by molar-refractivity contribution is 7.93. The Bertz CT molecular complexity index is 1080. The highest BCUT2D eigenvalue weighted by Crippen LogP contribution is 2.24. The van der Waals surface area contributed by atoms with Crippen molar-refractivity contribution < 1.29 is 18.0 Å². The fourth-order valence-electron chi connectivity index (χ4n) is 3.41. The van der Waals surface area contributed by atoms with E-state index in [9.17, 15) is 18.0 Å². The zero-order valence-corrected chi connectivity index (χ0v) is 18.6. The predicted octanol–water partition coefficient (Wildman–Crippen LogP) is 2.90. The van der Waals surface area contributed by atoms with Crippen molar-refractivity contribution in [1.82, 2.24) is 4.90 Å². The minimum Gasteiger partial charge on any atom is -0.333 e. The molecule has 0 spiro atoms. The second-order valence-corrected chi connectivity index (χ2v) is 9.43. The zero-order chi connectivity index (χ0) is 22.4. The largest absolute Gasteiger partial charge is 0.333 e. The highest BCUT2D eigenvalue weighted by Gasteiger charge is 2.28. The van der Waals surface area contributed by atoms with Crippen LogP contribution >= 0.6 is 0 Å². The van der Waals surface area contributed by atoms with Gasteiger partial charge in [0.25, 0.3) is 0 Å². The van der Waals surface area contributed by atoms with Gasteiger partial charge >= 0.3 is 0 Å². The molecule has 0 radical (unpaired) electrons. The van der Waals surface area contributed by atoms with Crippen molar-refractivity contribution >= 4 is 39.3 Å². The van der Waals surface area contributed by atoms with Crippen LogP contribution in [0.4, 0.5) is 11.4 Å². The number of hydrogen-bond acceptors (Lipinski definition) is 4. The van der Waals surface area contributed by atoms with E-state index >= 15 is 0 Å². The van der Waals surface area contributed by atoms with Crippen LogP contribution in [0.3, 0.4) is 0 Å². The summed E-state index contributed by atoms with van der Waals surface area (Å²) in [5, 5.41) is 2.85. The monoisotopic (exact) mass is 441 g/mol. The highest BCUT2D eigenvalue weighted by atomic mass is 32.2. The molecule has 2 amide bonds. The van der Waals surface area contributed by atoms with Crippen LogP contribution in [0.15, 0.2) is 54.6 Å². The summed E-state index contributed by atoms with van der Waals surface area (Å²) in [5.74, 6) is -0.390. The lowest BCUT2D eigenvalue weighted by molar-refractivity contribution is -0.129. The van der Waals surface area contributed by atoms with Gasteiger partial charge in [0.1, 0.15) is 0 Å². The molecule has 0 aromatic heterocycles. The number of carbonyl (C=O) groups is 2. The number of nitrogens with zero attached hydrogens (tertiary/aromatic N) is 2. The number of para-hydroxylation sites is 1. The molecule has 0 unspecified atom stereocenters. The number of hydrogen-bond donors (Lipinski definition) is 1. The summed E-state index contributed by atoms with van der Waals surface area (Å²) < 4.78 is 25.4. The van der Waals surface area contributed by atoms with Gasteiger partial charge in [-0.2, -0.15) is 0 Å². The number of nitrogens with one attached hydrogen (secondary N) is 1. The van der Waals surface area contributed by atoms with Crippen LogP contribution in [0.25, 0.3) is 6.08 Å². The molecule has 0 bridgehead atoms. The third-order valence-corrected chi connectivity index (χ3v) is 7.00. The van der Waals surface area contributed by atoms with Crippen LogP contribution in [-0.4, -0.2) is 51.0 Å². The Kier molecular flexibility index (Phi) is 7.12. The zero-order valence-electron chi connectivity index (χ0n) is 17.7. The normalized spacial score (nSPS) is 15.2. The van der Waals surface area contributed by atoms with E-state index in [1.165, 1.54) is 15.3 Å². The Morgan fingerprint density at radius 1 is 1.13 bits per heavy atom. The lowest BCUT2D eigenvalue weighted by Gasteiger charge is -2.17. The van der Waals surface area contributed by atoms with E-state index < -0.39 is 10.0 Å². The average Bonchev–Trinajstić information content (AvgIpc) is 3.11. The molecule has 1 fully saturated rings. The first-order chi connectivity index (χ1) is 14.8. The van der Waals surface area contributed by atoms with Crippen LogP contribution in [0, 0.1) is 0 Å². The van der Waals surface area contributed by atoms with Gasteiger partial charge in [-0.1, -0.05) is 37.3 Å². The number of sulfonamides is 1. The molecule has 0 aliphatic carbocycles. The average molecular weight is 442 g/mol. The number of benzene rings is 2. The van der Waals surface area contributed by atoms with Crippen molar-refractivity contribution in [3.05, 3.63) is 65.7 Å². The van der Waals surface area contributed by atoms with E-state index in [1.807, 2.05) is 31.2 Å². The summed E-state index contributed by atoms with van der Waals surface area (Å²) in [6, 6.07) is 14.6. The third kappa shape index (κ3) is 5.73. The van der Waals surface area contributed by atoms with E-state index in [1.54, 1.807) is 37.4 Å². The van der Waals surface area contributed by atoms with Crippen molar-refractivity contribution in [2.75, 3.05) is 35.5 Å². The Balaban J connectivity index is 1.56. The second-order valence-electron chi connectivity index (χ2n) is 7.42. The lowest BCUT2D eigenvalue weighted by atomic mass is 10.1. The summed E-state index contributed by atoms with van der Waals surface area (Å²) in [7, 11) is -1.64. The number of aryl methyl sites for hydroxylation is 1. The van der Waals surface area contributed by atoms with E-state index in [2.05, 4.69) is 5.32 Å². The molecule has 31 heavy (non-hydrogen) atoms. The van der Waals surface area contributed by atoms with Gasteiger partial charge in [0.2, 0.25) is 21.8 Å². The molecule has 3 rings (SSSR count). The van der Waals surface area contributed by atoms with Crippen LogP contribution in [0.2, 0.25) is 0 Å². The van der Waals surface area contributed by atoms with Crippen molar-refractivity contribution in [2.45, 2.75) is 19.8 Å². The topological polar surface area (TPSA) is 86.8 Å². The molecule has 164 valence electrons. The summed E-state index contributed by atoms with van der Waals surface area (Å²) in [6.07, 6.45) is 4.47. The molecule has 8 heteroatoms. The van der Waals surface area contributed by atoms with Crippen molar-refractivity contribution in [1.29, 1.82) is 0 Å². The van der Waals surface area contributed by atoms with Crippen LogP contribution < -0.4 is 9.62 Å². The Morgan fingerprint density at radius 2 is 1.84 bits per heavy atom. The molecular weight excluding hydrogens is 414 g/mol. The molecule has 1 N–H and O–H groups in total. The summed E-state index contributed by atoms with van der Waals surface area (Å²) in [6.45, 7) is 2.45. The second kappa shape index (κ2) is 9.78. The van der Waals surface area contributed by atoms with Gasteiger partial charge < -0.3 is 10.2 Å². The molecule has 2 aromatic carbocycles. The standard InChI is InChI=1S/C23H27N3O4S/c1-3-19-7-4-5-8-21(19)24-22(27)17-25(2)23(28)14-11-18-9-12-20(13-10-18)26-15-6-16-31(26,29)30/h4-5,7-14H,3,6,15-17H2,1-2H3,(H,24,27)/b14-11+. The molecule has 7 nitrogen and oxygen atoms in total. The first-order valence-electron chi connectivity index (χ1n) is 10.2. The summed E-state index contributed by atoms with van der Waals surface area (Å²) in [5.41, 5.74) is 3.19. The van der Waals surface area contributed by atoms with Crippen molar-refractivity contribution in [2.24, 2.45) is 0 Å². The maximum absolute atomic E-state index is 12.4. The van der Waals surface area contributed by atoms with Gasteiger partial charge in [-0.3, -0.25) is 13.9 Å². The van der Waals surface area contributed by atoms with E-state index in [0.29, 0.717) is 18.7 Å². The van der Waals surface area contributed by atoms with E-state index in [0.717, 1.165) is 23.2 Å². The Labute approximate surface area is 183 Å². The van der Waals surface area contributed by atoms with Gasteiger partial charge in [0.05, 0.1) is 18.0 Å². The molecule has 1 heterocycles. The van der Waals surface area contributed by atoms with Gasteiger partial charge in [0.15, 0.2) is 0 Å². The van der Waals surface area contributed by atoms with Crippen molar-refractivity contribution in [3.63, 3.8) is 0 Å². The number of amides is 2. The maximum Gasteiger partial charge on any atom is 0.246 e. The Hall–Kier alpha value is -3.13. The van der Waals surface area contributed by atoms with Gasteiger partial charge in [0, 0.05) is 25.4 Å². The maximum atomic E-state index is 12.4. The molecule has 1 saturated heterocycles. The molecule has 0 atom stereocenters. The van der Waals surface area contributed by atoms with Crippen molar-refractivity contribution in [3.8, 4) is 0 Å². The van der Waals surface area contributed by atoms with Crippen LogP contribution in [-0.2, 0) is 26.0 Å². The van der Waals surface area contributed by atoms with E-state index in [4.69, 9.17) is 0 Å². The smallest absolute Gasteiger partial charge is 0.246 e. The quantitative estimate of drug-likeness (QED) is 0.670. The number of carbonyl (C=O) groups excluding carboxylic acids is 2. The molecule has 1 aliphatic rings. The number of rotatable bonds is 7. The fourth-order valence-corrected chi connectivity index (χ4v) is 4.97. The molecule has 1 aliphatic heterocycles. The number of likely N-dealkylation sites (N-methyl/N-ethyl adjacent to an activating group) is 1. The minimum atomic E-state index is -3.21. The molecular formula is C23H27N3O4S. The van der Waals surface area contributed by atoms with Gasteiger partial charge in [-0.25, -0.2) is 8.42 Å². The Morgan fingerprint density at radius 3 is 2.48 bits per heavy atom. The summed E-state index contributed by atoms with van der Waals surface area (Å²) >= 11 is 0. The van der Waals surface area contributed by atoms with Gasteiger partial charge in [-0.15, -0.1) is 0 Å². The molecule has 0 saturated carbocycles. The van der Waals surface area contributed by atoms with Crippen LogP contribution in [0.1, 0.15) is 24.5 Å². The first kappa shape index (κ1) is 22.6. The number of anilines is 2. The third-order valence-electron chi connectivity index (χ3n) is 5.13. The fraction of sp³-hybridized carbons (Fsp3) is 0.304. The summed E-state index contributed by atoms with van der Waals surface area (Å²) in [4.78, 5) is 26.0. The van der Waals surface area contributed by atoms with E-state index in [-0.39, 0.29) is 24.1 Å². The molecule has 2 aromatic rings. The first-order valence-corrected chi connectivity index (χ1v) is 11.8. The predicted molar refractivity (Wildman–Crippen MR) is 123 cm³/mol. The minimum absolute atomic E-state index is 0.0625. The SMILES string of the molecule is CCc1ccccc1NC(=O)CN(C)C(=O)/C=C/c1ccc(N2CCCS2(=O)=O)cc1. The lowest BCUT2D eigenvalue weighted by Crippen LogP contribution is -2.34.